The first-order valence-electron chi connectivity index (χ1n) is 7.73. The van der Waals surface area contributed by atoms with Gasteiger partial charge >= 0.3 is 0 Å². The lowest BCUT2D eigenvalue weighted by molar-refractivity contribution is 0.0950. The van der Waals surface area contributed by atoms with Crippen LogP contribution in [0, 0.1) is 0 Å². The lowest BCUT2D eigenvalue weighted by Crippen LogP contribution is -2.33. The summed E-state index contributed by atoms with van der Waals surface area (Å²) in [6.45, 7) is 1.12. The molecule has 1 saturated heterocycles. The third kappa shape index (κ3) is 4.06. The van der Waals surface area contributed by atoms with Crippen molar-refractivity contribution in [2.45, 2.75) is 17.7 Å². The van der Waals surface area contributed by atoms with Crippen molar-refractivity contribution in [2.24, 2.45) is 0 Å². The van der Waals surface area contributed by atoms with Crippen LogP contribution < -0.4 is 10.6 Å². The van der Waals surface area contributed by atoms with Gasteiger partial charge in [0.25, 0.3) is 5.91 Å². The molecular weight excluding hydrogens is 362 g/mol. The summed E-state index contributed by atoms with van der Waals surface area (Å²) in [5.41, 5.74) is 0.574. The van der Waals surface area contributed by atoms with Crippen molar-refractivity contribution in [3.8, 4) is 0 Å². The van der Waals surface area contributed by atoms with Crippen molar-refractivity contribution in [3.63, 3.8) is 0 Å². The van der Waals surface area contributed by atoms with Gasteiger partial charge in [0.2, 0.25) is 10.0 Å². The van der Waals surface area contributed by atoms with Gasteiger partial charge in [0, 0.05) is 18.8 Å². The summed E-state index contributed by atoms with van der Waals surface area (Å²) in [7, 11) is -3.44. The van der Waals surface area contributed by atoms with E-state index in [0.717, 1.165) is 12.8 Å². The van der Waals surface area contributed by atoms with Crippen LogP contribution in [0.2, 0.25) is 0 Å². The maximum absolute atomic E-state index is 12.5. The third-order valence-corrected chi connectivity index (χ3v) is 5.90. The molecule has 0 spiro atoms. The molecule has 7 nitrogen and oxygen atoms in total. The van der Waals surface area contributed by atoms with Crippen LogP contribution in [0.1, 0.15) is 23.4 Å². The first-order chi connectivity index (χ1) is 12.0. The van der Waals surface area contributed by atoms with Crippen LogP contribution in [-0.4, -0.2) is 36.8 Å². The minimum absolute atomic E-state index is 0.0940. The zero-order valence-corrected chi connectivity index (χ0v) is 14.9. The van der Waals surface area contributed by atoms with Gasteiger partial charge in [-0.1, -0.05) is 0 Å². The van der Waals surface area contributed by atoms with Crippen LogP contribution in [0.4, 0.5) is 5.69 Å². The first kappa shape index (κ1) is 17.6. The van der Waals surface area contributed by atoms with Crippen LogP contribution in [0.5, 0.6) is 0 Å². The Morgan fingerprint density at radius 2 is 1.80 bits per heavy atom. The van der Waals surface area contributed by atoms with E-state index in [0.29, 0.717) is 18.8 Å². The van der Waals surface area contributed by atoms with Crippen LogP contribution in [0.25, 0.3) is 0 Å². The Balaban J connectivity index is 1.62. The van der Waals surface area contributed by atoms with Gasteiger partial charge in [-0.15, -0.1) is 0 Å². The topological polar surface area (TPSA) is 91.7 Å². The molecule has 0 radical (unpaired) electrons. The number of hydrogen-bond donors (Lipinski definition) is 2. The number of sulfonamides is 1. The molecule has 1 amide bonds. The molecule has 0 saturated carbocycles. The summed E-state index contributed by atoms with van der Waals surface area (Å²) in [5, 5.41) is 5.41. The normalized spacial score (nSPS) is 15.0. The number of hydrogen-bond acceptors (Lipinski definition) is 5. The van der Waals surface area contributed by atoms with E-state index in [2.05, 4.69) is 10.6 Å². The summed E-state index contributed by atoms with van der Waals surface area (Å²) in [5.74, 6) is -0.313. The smallest absolute Gasteiger partial charge is 0.293 e. The Morgan fingerprint density at radius 3 is 2.40 bits per heavy atom. The van der Waals surface area contributed by atoms with Gasteiger partial charge in [-0.25, -0.2) is 8.42 Å². The molecule has 1 fully saturated rings. The summed E-state index contributed by atoms with van der Waals surface area (Å²) in [4.78, 5) is 12.1. The number of nitrogens with zero attached hydrogens (tertiary/aromatic N) is 1. The highest BCUT2D eigenvalue weighted by Gasteiger charge is 2.26. The number of benzene rings is 1. The summed E-state index contributed by atoms with van der Waals surface area (Å²) < 4.78 is 31.4. The van der Waals surface area contributed by atoms with Gasteiger partial charge in [0.15, 0.2) is 10.9 Å². The fraction of sp³-hybridized carbons (Fsp3) is 0.250. The van der Waals surface area contributed by atoms with Crippen LogP contribution in [-0.2, 0) is 10.0 Å². The van der Waals surface area contributed by atoms with E-state index in [1.807, 2.05) is 0 Å². The van der Waals surface area contributed by atoms with Gasteiger partial charge < -0.3 is 9.73 Å². The van der Waals surface area contributed by atoms with E-state index in [4.69, 9.17) is 16.6 Å². The van der Waals surface area contributed by atoms with Gasteiger partial charge in [-0.05, 0) is 61.5 Å². The SMILES string of the molecule is O=C(NC(=S)Nc1ccc(S(=O)(=O)N2CCCC2)cc1)c1ccco1. The number of furan rings is 1. The Morgan fingerprint density at radius 1 is 1.12 bits per heavy atom. The highest BCUT2D eigenvalue weighted by molar-refractivity contribution is 7.89. The van der Waals surface area contributed by atoms with Crippen LogP contribution in [0.3, 0.4) is 0 Å². The van der Waals surface area contributed by atoms with Gasteiger partial charge in [-0.2, -0.15) is 4.31 Å². The minimum Gasteiger partial charge on any atom is -0.459 e. The average Bonchev–Trinajstić information content (AvgIpc) is 3.29. The molecule has 0 atom stereocenters. The Bertz CT molecular complexity index is 855. The predicted octanol–water partition coefficient (Wildman–Crippen LogP) is 2.19. The molecule has 9 heteroatoms. The molecule has 1 aromatic carbocycles. The second-order valence-corrected chi connectivity index (χ2v) is 7.87. The van der Waals surface area contributed by atoms with Crippen molar-refractivity contribution >= 4 is 38.9 Å². The molecule has 0 bridgehead atoms. The first-order valence-corrected chi connectivity index (χ1v) is 9.58. The predicted molar refractivity (Wildman–Crippen MR) is 96.8 cm³/mol. The summed E-state index contributed by atoms with van der Waals surface area (Å²) >= 11 is 5.07. The number of rotatable bonds is 4. The number of carbonyl (C=O) groups is 1. The molecule has 1 aliphatic rings. The van der Waals surface area contributed by atoms with E-state index in [9.17, 15) is 13.2 Å². The van der Waals surface area contributed by atoms with Gasteiger partial charge in [0.1, 0.15) is 0 Å². The van der Waals surface area contributed by atoms with Crippen molar-refractivity contribution in [1.82, 2.24) is 9.62 Å². The molecule has 1 aromatic heterocycles. The van der Waals surface area contributed by atoms with E-state index in [1.54, 1.807) is 18.2 Å². The molecule has 3 rings (SSSR count). The lowest BCUT2D eigenvalue weighted by Gasteiger charge is -2.16. The van der Waals surface area contributed by atoms with Crippen molar-refractivity contribution < 1.29 is 17.6 Å². The average molecular weight is 379 g/mol. The molecule has 2 heterocycles. The van der Waals surface area contributed by atoms with Crippen LogP contribution >= 0.6 is 12.2 Å². The van der Waals surface area contributed by atoms with Crippen molar-refractivity contribution in [2.75, 3.05) is 18.4 Å². The molecule has 25 heavy (non-hydrogen) atoms. The molecule has 1 aliphatic heterocycles. The maximum atomic E-state index is 12.5. The van der Waals surface area contributed by atoms with Gasteiger partial charge in [-0.3, -0.25) is 10.1 Å². The standard InChI is InChI=1S/C16H17N3O4S2/c20-15(14-4-3-11-23-14)18-16(24)17-12-5-7-13(8-6-12)25(21,22)19-9-1-2-10-19/h3-8,11H,1-2,9-10H2,(H2,17,18,20,24). The molecule has 0 unspecified atom stereocenters. The zero-order chi connectivity index (χ0) is 17.9. The number of thiocarbonyl (C=S) groups is 1. The van der Waals surface area contributed by atoms with Crippen molar-refractivity contribution in [3.05, 3.63) is 48.4 Å². The Hall–Kier alpha value is -2.23. The Kier molecular flexibility index (Phi) is 5.16. The fourth-order valence-electron chi connectivity index (χ4n) is 2.52. The minimum atomic E-state index is -3.44. The van der Waals surface area contributed by atoms with E-state index in [-0.39, 0.29) is 15.8 Å². The quantitative estimate of drug-likeness (QED) is 0.792. The zero-order valence-electron chi connectivity index (χ0n) is 13.3. The van der Waals surface area contributed by atoms with E-state index < -0.39 is 15.9 Å². The third-order valence-electron chi connectivity index (χ3n) is 3.79. The molecule has 2 N–H and O–H groups in total. The molecule has 0 aliphatic carbocycles. The summed E-state index contributed by atoms with van der Waals surface area (Å²) in [6.07, 6.45) is 3.18. The monoisotopic (exact) mass is 379 g/mol. The molecule has 132 valence electrons. The summed E-state index contributed by atoms with van der Waals surface area (Å²) in [6, 6.07) is 9.38. The second-order valence-electron chi connectivity index (χ2n) is 5.52. The molecule has 2 aromatic rings. The molecular formula is C16H17N3O4S2. The van der Waals surface area contributed by atoms with Crippen molar-refractivity contribution in [1.29, 1.82) is 0 Å². The Labute approximate surface area is 151 Å². The van der Waals surface area contributed by atoms with E-state index in [1.165, 1.54) is 28.8 Å². The number of amides is 1. The number of anilines is 1. The van der Waals surface area contributed by atoms with Gasteiger partial charge in [0.05, 0.1) is 11.2 Å². The maximum Gasteiger partial charge on any atom is 0.293 e. The van der Waals surface area contributed by atoms with Crippen LogP contribution in [0.15, 0.2) is 52.0 Å². The number of nitrogens with one attached hydrogen (secondary N) is 2. The van der Waals surface area contributed by atoms with E-state index >= 15 is 0 Å². The second kappa shape index (κ2) is 7.34. The fourth-order valence-corrected chi connectivity index (χ4v) is 4.25. The lowest BCUT2D eigenvalue weighted by atomic mass is 10.3. The highest BCUT2D eigenvalue weighted by Crippen LogP contribution is 2.22. The number of carbonyl (C=O) groups excluding carboxylic acids is 1. The highest BCUT2D eigenvalue weighted by atomic mass is 32.2. The largest absolute Gasteiger partial charge is 0.459 e.